The average Bonchev–Trinajstić information content (AvgIpc) is 3.01. The van der Waals surface area contributed by atoms with Crippen LogP contribution in [0.3, 0.4) is 0 Å². The molecule has 0 aliphatic carbocycles. The van der Waals surface area contributed by atoms with Gasteiger partial charge in [-0.1, -0.05) is 12.1 Å². The van der Waals surface area contributed by atoms with Crippen LogP contribution in [0.25, 0.3) is 6.08 Å². The molecule has 1 N–H and O–H groups in total. The minimum atomic E-state index is -0.662. The fourth-order valence-corrected chi connectivity index (χ4v) is 3.05. The van der Waals surface area contributed by atoms with E-state index in [-0.39, 0.29) is 21.9 Å². The number of benzene rings is 1. The highest BCUT2D eigenvalue weighted by Crippen LogP contribution is 2.26. The predicted molar refractivity (Wildman–Crippen MR) is 102 cm³/mol. The van der Waals surface area contributed by atoms with Crippen molar-refractivity contribution in [2.75, 3.05) is 4.90 Å². The van der Waals surface area contributed by atoms with E-state index < -0.39 is 17.6 Å². The van der Waals surface area contributed by atoms with Crippen LogP contribution in [-0.4, -0.2) is 21.5 Å². The number of rotatable bonds is 2. The zero-order valence-electron chi connectivity index (χ0n) is 14.6. The first-order valence-electron chi connectivity index (χ1n) is 8.04. The second-order valence-electron chi connectivity index (χ2n) is 6.88. The Kier molecular flexibility index (Phi) is 4.50. The maximum Gasteiger partial charge on any atom is 0.270 e. The first kappa shape index (κ1) is 18.0. The largest absolute Gasteiger partial charge is 0.343 e. The van der Waals surface area contributed by atoms with E-state index in [4.69, 9.17) is 12.2 Å². The summed E-state index contributed by atoms with van der Waals surface area (Å²) < 4.78 is 16.1. The van der Waals surface area contributed by atoms with E-state index in [1.165, 1.54) is 24.3 Å². The Labute approximate surface area is 156 Å². The maximum atomic E-state index is 14.2. The van der Waals surface area contributed by atoms with Crippen LogP contribution in [0, 0.1) is 5.82 Å². The number of para-hydroxylation sites is 1. The minimum Gasteiger partial charge on any atom is -0.343 e. The van der Waals surface area contributed by atoms with E-state index in [0.717, 1.165) is 4.90 Å². The molecule has 1 fully saturated rings. The van der Waals surface area contributed by atoms with Gasteiger partial charge in [-0.15, -0.1) is 0 Å². The monoisotopic (exact) mass is 371 g/mol. The number of hydrogen-bond donors (Lipinski definition) is 1. The first-order chi connectivity index (χ1) is 12.2. The molecule has 0 unspecified atom stereocenters. The van der Waals surface area contributed by atoms with Gasteiger partial charge in [0.15, 0.2) is 5.11 Å². The Bertz CT molecular complexity index is 940. The van der Waals surface area contributed by atoms with Crippen molar-refractivity contribution >= 4 is 40.9 Å². The second kappa shape index (κ2) is 6.49. The summed E-state index contributed by atoms with van der Waals surface area (Å²) in [6.07, 6.45) is 3.37. The fourth-order valence-electron chi connectivity index (χ4n) is 2.78. The van der Waals surface area contributed by atoms with Gasteiger partial charge >= 0.3 is 0 Å². The Morgan fingerprint density at radius 3 is 2.46 bits per heavy atom. The summed E-state index contributed by atoms with van der Waals surface area (Å²) in [5.41, 5.74) is 0.355. The van der Waals surface area contributed by atoms with Crippen LogP contribution in [-0.2, 0) is 15.1 Å². The lowest BCUT2D eigenvalue weighted by Crippen LogP contribution is -2.54. The van der Waals surface area contributed by atoms with Crippen LogP contribution >= 0.6 is 12.2 Å². The van der Waals surface area contributed by atoms with Crippen molar-refractivity contribution in [3.05, 3.63) is 59.7 Å². The summed E-state index contributed by atoms with van der Waals surface area (Å²) in [6, 6.07) is 9.42. The molecule has 0 saturated carbocycles. The number of nitrogens with one attached hydrogen (secondary N) is 1. The number of hydrogen-bond acceptors (Lipinski definition) is 3. The molecular weight excluding hydrogens is 353 g/mol. The number of carbonyl (C=O) groups excluding carboxylic acids is 2. The summed E-state index contributed by atoms with van der Waals surface area (Å²) in [4.78, 5) is 26.3. The lowest BCUT2D eigenvalue weighted by Gasteiger charge is -2.29. The van der Waals surface area contributed by atoms with E-state index >= 15 is 0 Å². The van der Waals surface area contributed by atoms with Crippen molar-refractivity contribution in [1.82, 2.24) is 9.88 Å². The molecule has 1 aliphatic rings. The topological polar surface area (TPSA) is 54.3 Å². The Hall–Kier alpha value is -2.80. The number of nitrogens with zero attached hydrogens (tertiary/aromatic N) is 2. The molecule has 1 aromatic carbocycles. The normalized spacial score (nSPS) is 17.0. The lowest BCUT2D eigenvalue weighted by molar-refractivity contribution is -0.122. The summed E-state index contributed by atoms with van der Waals surface area (Å²) >= 11 is 5.08. The Morgan fingerprint density at radius 1 is 1.12 bits per heavy atom. The Morgan fingerprint density at radius 2 is 1.81 bits per heavy atom. The number of amides is 2. The van der Waals surface area contributed by atoms with Gasteiger partial charge in [0.25, 0.3) is 11.8 Å². The Balaban J connectivity index is 2.07. The highest BCUT2D eigenvalue weighted by molar-refractivity contribution is 7.80. The zero-order chi connectivity index (χ0) is 19.1. The third kappa shape index (κ3) is 3.17. The van der Waals surface area contributed by atoms with Gasteiger partial charge in [-0.05, 0) is 63.3 Å². The van der Waals surface area contributed by atoms with Gasteiger partial charge in [0, 0.05) is 17.4 Å². The SMILES string of the molecule is CC(C)(C)n1cccc1/C=C1\C(=O)NC(=S)N(c2ccccc2F)C1=O. The number of aromatic nitrogens is 1. The molecule has 134 valence electrons. The summed E-state index contributed by atoms with van der Waals surface area (Å²) in [7, 11) is 0. The number of carbonyl (C=O) groups is 2. The molecule has 2 aromatic rings. The van der Waals surface area contributed by atoms with Gasteiger partial charge in [0.05, 0.1) is 5.69 Å². The molecular formula is C19H18FN3O2S. The molecule has 1 saturated heterocycles. The molecule has 1 aromatic heterocycles. The van der Waals surface area contributed by atoms with Crippen LogP contribution in [0.1, 0.15) is 26.5 Å². The van der Waals surface area contributed by atoms with E-state index in [1.807, 2.05) is 37.6 Å². The smallest absolute Gasteiger partial charge is 0.270 e. The van der Waals surface area contributed by atoms with Gasteiger partial charge in [-0.3, -0.25) is 14.9 Å². The van der Waals surface area contributed by atoms with Crippen molar-refractivity contribution in [1.29, 1.82) is 0 Å². The second-order valence-corrected chi connectivity index (χ2v) is 7.27. The first-order valence-corrected chi connectivity index (χ1v) is 8.45. The third-order valence-corrected chi connectivity index (χ3v) is 4.27. The average molecular weight is 371 g/mol. The predicted octanol–water partition coefficient (Wildman–Crippen LogP) is 3.21. The van der Waals surface area contributed by atoms with Crippen molar-refractivity contribution in [3.8, 4) is 0 Å². The highest BCUT2D eigenvalue weighted by atomic mass is 32.1. The van der Waals surface area contributed by atoms with Gasteiger partial charge in [-0.2, -0.15) is 0 Å². The standard InChI is InChI=1S/C19H18FN3O2S/c1-19(2,3)22-10-6-7-12(22)11-13-16(24)21-18(26)23(17(13)25)15-9-5-4-8-14(15)20/h4-11H,1-3H3,(H,21,24,26)/b13-11+. The number of halogens is 1. The fraction of sp³-hybridized carbons (Fsp3) is 0.211. The van der Waals surface area contributed by atoms with E-state index in [9.17, 15) is 14.0 Å². The van der Waals surface area contributed by atoms with Crippen LogP contribution in [0.15, 0.2) is 48.2 Å². The van der Waals surface area contributed by atoms with Crippen molar-refractivity contribution < 1.29 is 14.0 Å². The molecule has 2 amide bonds. The molecule has 5 nitrogen and oxygen atoms in total. The quantitative estimate of drug-likeness (QED) is 0.501. The van der Waals surface area contributed by atoms with Crippen molar-refractivity contribution in [2.24, 2.45) is 0 Å². The summed E-state index contributed by atoms with van der Waals surface area (Å²) in [5, 5.41) is 2.31. The van der Waals surface area contributed by atoms with Gasteiger partial charge in [0.2, 0.25) is 0 Å². The van der Waals surface area contributed by atoms with E-state index in [2.05, 4.69) is 5.32 Å². The maximum absolute atomic E-state index is 14.2. The van der Waals surface area contributed by atoms with Crippen molar-refractivity contribution in [3.63, 3.8) is 0 Å². The highest BCUT2D eigenvalue weighted by Gasteiger charge is 2.36. The minimum absolute atomic E-state index is 0.000367. The number of thiocarbonyl (C=S) groups is 1. The molecule has 3 rings (SSSR count). The molecule has 0 atom stereocenters. The zero-order valence-corrected chi connectivity index (χ0v) is 15.4. The summed E-state index contributed by atoms with van der Waals surface area (Å²) in [6.45, 7) is 6.04. The lowest BCUT2D eigenvalue weighted by atomic mass is 10.1. The van der Waals surface area contributed by atoms with Gasteiger partial charge in [-0.25, -0.2) is 9.29 Å². The molecule has 0 bridgehead atoms. The van der Waals surface area contributed by atoms with Crippen molar-refractivity contribution in [2.45, 2.75) is 26.3 Å². The molecule has 1 aliphatic heterocycles. The number of anilines is 1. The van der Waals surface area contributed by atoms with Gasteiger partial charge < -0.3 is 4.57 Å². The molecule has 0 spiro atoms. The van der Waals surface area contributed by atoms with Crippen LogP contribution < -0.4 is 10.2 Å². The van der Waals surface area contributed by atoms with E-state index in [1.54, 1.807) is 12.1 Å². The third-order valence-electron chi connectivity index (χ3n) is 3.99. The molecule has 0 radical (unpaired) electrons. The summed E-state index contributed by atoms with van der Waals surface area (Å²) in [5.74, 6) is -1.86. The molecule has 2 heterocycles. The van der Waals surface area contributed by atoms with Crippen LogP contribution in [0.2, 0.25) is 0 Å². The van der Waals surface area contributed by atoms with Crippen LogP contribution in [0.4, 0.5) is 10.1 Å². The van der Waals surface area contributed by atoms with E-state index in [0.29, 0.717) is 5.69 Å². The van der Waals surface area contributed by atoms with Crippen LogP contribution in [0.5, 0.6) is 0 Å². The molecule has 7 heteroatoms. The van der Waals surface area contributed by atoms with Gasteiger partial charge in [0.1, 0.15) is 11.4 Å². The molecule has 26 heavy (non-hydrogen) atoms.